The average Bonchev–Trinajstić information content (AvgIpc) is 2.89. The highest BCUT2D eigenvalue weighted by atomic mass is 19.1. The summed E-state index contributed by atoms with van der Waals surface area (Å²) in [7, 11) is 3.02. The Hall–Kier alpha value is -2.70. The van der Waals surface area contributed by atoms with Crippen molar-refractivity contribution in [1.29, 1.82) is 0 Å². The van der Waals surface area contributed by atoms with Crippen LogP contribution in [0, 0.1) is 5.82 Å². The van der Waals surface area contributed by atoms with Gasteiger partial charge in [0, 0.05) is 26.2 Å². The Kier molecular flexibility index (Phi) is 2.97. The molecule has 0 saturated heterocycles. The van der Waals surface area contributed by atoms with Crippen LogP contribution >= 0.6 is 0 Å². The number of benzene rings is 1. The number of amidine groups is 1. The lowest BCUT2D eigenvalue weighted by atomic mass is 10.2. The summed E-state index contributed by atoms with van der Waals surface area (Å²) in [6, 6.07) is 5.83. The minimum absolute atomic E-state index is 0.313. The number of hydrogen-bond acceptors (Lipinski definition) is 4. The molecule has 0 aliphatic carbocycles. The number of aromatic nitrogens is 2. The number of nitrogens with zero attached hydrogens (tertiary/aromatic N) is 3. The Bertz CT molecular complexity index is 862. The van der Waals surface area contributed by atoms with E-state index in [1.54, 1.807) is 19.2 Å². The molecule has 1 aliphatic rings. The normalized spacial score (nSPS) is 13.0. The van der Waals surface area contributed by atoms with E-state index in [1.165, 1.54) is 23.7 Å². The van der Waals surface area contributed by atoms with Crippen molar-refractivity contribution >= 4 is 17.3 Å². The molecule has 0 unspecified atom stereocenters. The van der Waals surface area contributed by atoms with Crippen LogP contribution in [0.4, 0.5) is 15.9 Å². The highest BCUT2D eigenvalue weighted by molar-refractivity contribution is 6.01. The van der Waals surface area contributed by atoms with Gasteiger partial charge in [-0.1, -0.05) is 0 Å². The topological polar surface area (TPSA) is 68.4 Å². The van der Waals surface area contributed by atoms with Crippen molar-refractivity contribution in [2.24, 2.45) is 19.1 Å². The Labute approximate surface area is 119 Å². The van der Waals surface area contributed by atoms with Crippen molar-refractivity contribution in [3.8, 4) is 0 Å². The highest BCUT2D eigenvalue weighted by Gasteiger charge is 2.23. The summed E-state index contributed by atoms with van der Waals surface area (Å²) in [6.07, 6.45) is 0.313. The van der Waals surface area contributed by atoms with Crippen molar-refractivity contribution < 1.29 is 4.39 Å². The molecule has 3 rings (SSSR count). The fourth-order valence-electron chi connectivity index (χ4n) is 2.31. The standard InChI is InChI=1S/C14H13FN4O2/c1-18-12-10(13(20)19(2)14(18)21)7-11(17-12)16-9-5-3-8(15)4-6-9/h3-6H,7H2,1-2H3,(H,16,17). The maximum absolute atomic E-state index is 12.9. The molecule has 1 aliphatic heterocycles. The van der Waals surface area contributed by atoms with Gasteiger partial charge < -0.3 is 5.32 Å². The minimum atomic E-state index is -0.412. The van der Waals surface area contributed by atoms with Gasteiger partial charge >= 0.3 is 5.69 Å². The summed E-state index contributed by atoms with van der Waals surface area (Å²) in [5.74, 6) is 0.594. The lowest BCUT2D eigenvalue weighted by Crippen LogP contribution is -2.38. The first-order valence-corrected chi connectivity index (χ1v) is 6.36. The van der Waals surface area contributed by atoms with Crippen molar-refractivity contribution in [2.45, 2.75) is 6.42 Å². The number of anilines is 1. The molecule has 0 saturated carbocycles. The van der Waals surface area contributed by atoms with Crippen LogP contribution in [-0.2, 0) is 20.5 Å². The second-order valence-corrected chi connectivity index (χ2v) is 4.88. The maximum Gasteiger partial charge on any atom is 0.332 e. The van der Waals surface area contributed by atoms with E-state index in [4.69, 9.17) is 0 Å². The smallest absolute Gasteiger partial charge is 0.332 e. The SMILES string of the molecule is Cn1c2c(c(=O)n(C)c1=O)CC(Nc1ccc(F)cc1)=N2. The van der Waals surface area contributed by atoms with E-state index in [0.29, 0.717) is 29.3 Å². The van der Waals surface area contributed by atoms with Crippen LogP contribution in [0.3, 0.4) is 0 Å². The van der Waals surface area contributed by atoms with Crippen LogP contribution in [-0.4, -0.2) is 15.0 Å². The van der Waals surface area contributed by atoms with Crippen molar-refractivity contribution in [3.05, 3.63) is 56.5 Å². The van der Waals surface area contributed by atoms with Gasteiger partial charge in [-0.2, -0.15) is 0 Å². The number of fused-ring (bicyclic) bond motifs is 1. The summed E-state index contributed by atoms with van der Waals surface area (Å²) >= 11 is 0. The molecule has 0 amide bonds. The molecule has 1 aromatic heterocycles. The molecule has 108 valence electrons. The third kappa shape index (κ3) is 2.16. The minimum Gasteiger partial charge on any atom is -0.343 e. The van der Waals surface area contributed by atoms with Crippen LogP contribution in [0.1, 0.15) is 5.56 Å². The van der Waals surface area contributed by atoms with Gasteiger partial charge in [-0.25, -0.2) is 14.2 Å². The lowest BCUT2D eigenvalue weighted by Gasteiger charge is -2.05. The predicted molar refractivity (Wildman–Crippen MR) is 77.7 cm³/mol. The molecular weight excluding hydrogens is 275 g/mol. The van der Waals surface area contributed by atoms with E-state index in [2.05, 4.69) is 10.3 Å². The number of aliphatic imine (C=N–C) groups is 1. The Morgan fingerprint density at radius 1 is 1.14 bits per heavy atom. The molecule has 0 spiro atoms. The van der Waals surface area contributed by atoms with Crippen molar-refractivity contribution in [3.63, 3.8) is 0 Å². The summed E-state index contributed by atoms with van der Waals surface area (Å²) in [4.78, 5) is 28.2. The van der Waals surface area contributed by atoms with Gasteiger partial charge in [0.25, 0.3) is 5.56 Å². The molecule has 0 atom stereocenters. The number of halogens is 1. The third-order valence-electron chi connectivity index (χ3n) is 3.44. The van der Waals surface area contributed by atoms with Gasteiger partial charge in [-0.3, -0.25) is 13.9 Å². The zero-order valence-electron chi connectivity index (χ0n) is 11.6. The first kappa shape index (κ1) is 13.3. The fraction of sp³-hybridized carbons (Fsp3) is 0.214. The quantitative estimate of drug-likeness (QED) is 0.848. The second kappa shape index (κ2) is 4.69. The van der Waals surface area contributed by atoms with E-state index in [-0.39, 0.29) is 11.4 Å². The number of hydrogen-bond donors (Lipinski definition) is 1. The zero-order chi connectivity index (χ0) is 15.1. The van der Waals surface area contributed by atoms with Gasteiger partial charge in [0.1, 0.15) is 17.5 Å². The summed E-state index contributed by atoms with van der Waals surface area (Å²) in [6.45, 7) is 0. The molecule has 0 fully saturated rings. The molecule has 6 nitrogen and oxygen atoms in total. The molecule has 2 heterocycles. The molecule has 1 N–H and O–H groups in total. The molecule has 1 aromatic carbocycles. The summed E-state index contributed by atoms with van der Waals surface area (Å²) in [5, 5.41) is 3.03. The van der Waals surface area contributed by atoms with Gasteiger partial charge in [0.15, 0.2) is 0 Å². The van der Waals surface area contributed by atoms with Gasteiger partial charge in [0.2, 0.25) is 0 Å². The Morgan fingerprint density at radius 2 is 1.81 bits per heavy atom. The largest absolute Gasteiger partial charge is 0.343 e. The molecule has 7 heteroatoms. The predicted octanol–water partition coefficient (Wildman–Crippen LogP) is 0.921. The first-order valence-electron chi connectivity index (χ1n) is 6.36. The van der Waals surface area contributed by atoms with Crippen LogP contribution in [0.2, 0.25) is 0 Å². The van der Waals surface area contributed by atoms with E-state index in [0.717, 1.165) is 4.57 Å². The van der Waals surface area contributed by atoms with E-state index < -0.39 is 5.69 Å². The average molecular weight is 288 g/mol. The second-order valence-electron chi connectivity index (χ2n) is 4.88. The molecule has 2 aromatic rings. The third-order valence-corrected chi connectivity index (χ3v) is 3.44. The van der Waals surface area contributed by atoms with E-state index in [9.17, 15) is 14.0 Å². The Balaban J connectivity index is 1.98. The van der Waals surface area contributed by atoms with Crippen LogP contribution in [0.15, 0.2) is 38.8 Å². The molecule has 21 heavy (non-hydrogen) atoms. The van der Waals surface area contributed by atoms with E-state index >= 15 is 0 Å². The number of nitrogens with one attached hydrogen (secondary N) is 1. The van der Waals surface area contributed by atoms with Crippen LogP contribution in [0.25, 0.3) is 0 Å². The highest BCUT2D eigenvalue weighted by Crippen LogP contribution is 2.22. The summed E-state index contributed by atoms with van der Waals surface area (Å²) < 4.78 is 15.3. The molecular formula is C14H13FN4O2. The van der Waals surface area contributed by atoms with Gasteiger partial charge in [-0.15, -0.1) is 0 Å². The Morgan fingerprint density at radius 3 is 2.48 bits per heavy atom. The zero-order valence-corrected chi connectivity index (χ0v) is 11.6. The lowest BCUT2D eigenvalue weighted by molar-refractivity contribution is 0.628. The number of rotatable bonds is 1. The van der Waals surface area contributed by atoms with Crippen LogP contribution in [0.5, 0.6) is 0 Å². The van der Waals surface area contributed by atoms with Crippen LogP contribution < -0.4 is 16.6 Å². The van der Waals surface area contributed by atoms with Crippen molar-refractivity contribution in [2.75, 3.05) is 5.32 Å². The summed E-state index contributed by atoms with van der Waals surface area (Å²) in [5.41, 5.74) is 0.396. The molecule has 0 bridgehead atoms. The maximum atomic E-state index is 12.9. The van der Waals surface area contributed by atoms with Gasteiger partial charge in [0.05, 0.1) is 5.56 Å². The van der Waals surface area contributed by atoms with Gasteiger partial charge in [-0.05, 0) is 24.3 Å². The monoisotopic (exact) mass is 288 g/mol. The molecule has 0 radical (unpaired) electrons. The van der Waals surface area contributed by atoms with Crippen molar-refractivity contribution in [1.82, 2.24) is 9.13 Å². The van der Waals surface area contributed by atoms with E-state index in [1.807, 2.05) is 0 Å². The fourth-order valence-corrected chi connectivity index (χ4v) is 2.31. The first-order chi connectivity index (χ1) is 9.97.